The van der Waals surface area contributed by atoms with Gasteiger partial charge in [0.25, 0.3) is 0 Å². The highest BCUT2D eigenvalue weighted by atomic mass is 16.7. The number of nitrogens with one attached hydrogen (secondary N) is 1. The average Bonchev–Trinajstić information content (AvgIpc) is 3.47. The van der Waals surface area contributed by atoms with Gasteiger partial charge < -0.3 is 65.1 Å². The van der Waals surface area contributed by atoms with Crippen LogP contribution in [0.3, 0.4) is 0 Å². The van der Waals surface area contributed by atoms with Crippen LogP contribution >= 0.6 is 0 Å². The molecule has 0 radical (unpaired) electrons. The summed E-state index contributed by atoms with van der Waals surface area (Å²) in [6, 6.07) is -0.952. The molecule has 2 rings (SSSR count). The molecule has 1 amide bonds. The van der Waals surface area contributed by atoms with E-state index in [-0.39, 0.29) is 18.9 Å². The van der Waals surface area contributed by atoms with Crippen LogP contribution in [0.2, 0.25) is 0 Å². The smallest absolute Gasteiger partial charge is 0.220 e. The van der Waals surface area contributed by atoms with Crippen LogP contribution in [-0.2, 0) is 23.7 Å². The molecule has 2 fully saturated rings. The Hall–Kier alpha value is -4.39. The first-order valence-electron chi connectivity index (χ1n) is 31.2. The fourth-order valence-corrected chi connectivity index (χ4v) is 8.96. The molecule has 0 spiro atoms. The number of unbranched alkanes of at least 4 members (excludes halogenated alkanes) is 10. The second kappa shape index (κ2) is 52.0. The van der Waals surface area contributed by atoms with Crippen molar-refractivity contribution in [3.05, 3.63) is 158 Å². The zero-order chi connectivity index (χ0) is 60.2. The topological polar surface area (TPSA) is 228 Å². The third kappa shape index (κ3) is 36.9. The fourth-order valence-electron chi connectivity index (χ4n) is 8.96. The molecule has 2 heterocycles. The van der Waals surface area contributed by atoms with E-state index in [4.69, 9.17) is 18.9 Å². The quantitative estimate of drug-likeness (QED) is 0.0204. The zero-order valence-corrected chi connectivity index (χ0v) is 50.4. The molecule has 9 N–H and O–H groups in total. The lowest BCUT2D eigenvalue weighted by Crippen LogP contribution is -2.65. The SMILES string of the molecule is CC/C=C\C/C=C\C/C=C\C/C=C\C/C=C\C/C=C\C/C=C\C/C=C\C/C=C\C/C=C\C/C=C\CCCCCCCC(=O)NC(COC1OC(CO)C(OC2OC(CO)C(O)C(O)C2O)C(O)C1O)C(O)/C=C/CC/C=C/CCCCCC. The highest BCUT2D eigenvalue weighted by molar-refractivity contribution is 5.76. The summed E-state index contributed by atoms with van der Waals surface area (Å²) in [4.78, 5) is 13.2. The summed E-state index contributed by atoms with van der Waals surface area (Å²) in [5.41, 5.74) is 0. The van der Waals surface area contributed by atoms with E-state index in [0.717, 1.165) is 122 Å². The van der Waals surface area contributed by atoms with E-state index < -0.39 is 86.8 Å². The maximum Gasteiger partial charge on any atom is 0.220 e. The normalized spacial score (nSPS) is 24.9. The predicted molar refractivity (Wildman–Crippen MR) is 336 cm³/mol. The second-order valence-corrected chi connectivity index (χ2v) is 21.1. The molecule has 0 aromatic heterocycles. The number of aliphatic hydroxyl groups is 8. The summed E-state index contributed by atoms with van der Waals surface area (Å²) in [7, 11) is 0. The molecule has 0 bridgehead atoms. The molecular weight excluding hydrogens is 1050 g/mol. The zero-order valence-electron chi connectivity index (χ0n) is 50.4. The Morgan fingerprint density at radius 1 is 0.446 bits per heavy atom. The number of ether oxygens (including phenoxy) is 4. The van der Waals surface area contributed by atoms with Crippen LogP contribution in [0.25, 0.3) is 0 Å². The van der Waals surface area contributed by atoms with Gasteiger partial charge in [-0.2, -0.15) is 0 Å². The minimum atomic E-state index is -1.80. The van der Waals surface area contributed by atoms with Crippen molar-refractivity contribution in [2.45, 2.75) is 248 Å². The molecule has 0 aliphatic carbocycles. The first-order chi connectivity index (χ1) is 40.6. The van der Waals surface area contributed by atoms with Gasteiger partial charge in [0.2, 0.25) is 5.91 Å². The van der Waals surface area contributed by atoms with Crippen molar-refractivity contribution in [1.82, 2.24) is 5.32 Å². The van der Waals surface area contributed by atoms with Gasteiger partial charge >= 0.3 is 0 Å². The van der Waals surface area contributed by atoms with Gasteiger partial charge in [0.1, 0.15) is 48.8 Å². The number of hydrogen-bond donors (Lipinski definition) is 9. The lowest BCUT2D eigenvalue weighted by Gasteiger charge is -2.46. The van der Waals surface area contributed by atoms with E-state index in [1.807, 2.05) is 6.08 Å². The summed E-state index contributed by atoms with van der Waals surface area (Å²) in [5, 5.41) is 86.8. The van der Waals surface area contributed by atoms with Gasteiger partial charge in [-0.25, -0.2) is 0 Å². The van der Waals surface area contributed by atoms with Crippen molar-refractivity contribution in [2.24, 2.45) is 0 Å². The van der Waals surface area contributed by atoms with Gasteiger partial charge in [0.05, 0.1) is 32.0 Å². The standard InChI is InChI=1S/C69H109NO13/c1-3-5-7-9-11-13-15-16-17-18-19-20-21-22-23-24-25-26-27-28-29-30-31-32-33-34-35-36-37-38-39-40-41-42-43-45-47-49-51-53-61(74)70-57(58(73)52-50-48-46-44-14-12-10-8-6-4-2)56-80-68-66(79)64(77)67(60(55-72)82-68)83-69-65(78)63(76)62(75)59(54-71)81-69/h5,7,11,13-14,16-17,19-20,22-23,25-26,28-29,31-32,34-35,37-38,40-41,44,50,52,57-60,62-69,71-73,75-79H,3-4,6,8-10,12,15,18,21,24,27,30,33,36,39,42-43,45-49,51,53-56H2,1-2H3,(H,70,74)/b7-5-,13-11-,17-16-,20-19-,23-22-,26-25-,29-28-,32-31-,35-34-,38-37-,41-40-,44-14+,52-50+. The van der Waals surface area contributed by atoms with E-state index in [0.29, 0.717) is 12.8 Å². The van der Waals surface area contributed by atoms with Crippen LogP contribution in [0.1, 0.15) is 174 Å². The minimum absolute atomic E-state index is 0.239. The number of carbonyl (C=O) groups excluding carboxylic acids is 1. The summed E-state index contributed by atoms with van der Waals surface area (Å²) < 4.78 is 22.7. The molecule has 14 heteroatoms. The second-order valence-electron chi connectivity index (χ2n) is 21.1. The van der Waals surface area contributed by atoms with Crippen LogP contribution in [0.15, 0.2) is 158 Å². The van der Waals surface area contributed by atoms with Crippen LogP contribution in [0.5, 0.6) is 0 Å². The molecule has 14 nitrogen and oxygen atoms in total. The van der Waals surface area contributed by atoms with Crippen LogP contribution in [-0.4, -0.2) is 140 Å². The van der Waals surface area contributed by atoms with Gasteiger partial charge in [-0.3, -0.25) is 4.79 Å². The lowest BCUT2D eigenvalue weighted by molar-refractivity contribution is -0.359. The Morgan fingerprint density at radius 2 is 0.843 bits per heavy atom. The molecule has 0 aromatic rings. The van der Waals surface area contributed by atoms with Crippen LogP contribution < -0.4 is 5.32 Å². The molecular formula is C69H109NO13. The number of aliphatic hydroxyl groups excluding tert-OH is 8. The summed E-state index contributed by atoms with van der Waals surface area (Å²) in [6.45, 7) is 2.57. The van der Waals surface area contributed by atoms with Crippen molar-refractivity contribution in [1.29, 1.82) is 0 Å². The van der Waals surface area contributed by atoms with Crippen molar-refractivity contribution in [2.75, 3.05) is 19.8 Å². The number of rotatable bonds is 47. The fraction of sp³-hybridized carbons (Fsp3) is 0.609. The minimum Gasteiger partial charge on any atom is -0.394 e. The van der Waals surface area contributed by atoms with E-state index in [1.165, 1.54) is 19.3 Å². The average molecular weight is 1160 g/mol. The molecule has 12 atom stereocenters. The number of carbonyl (C=O) groups is 1. The maximum atomic E-state index is 13.2. The first-order valence-corrected chi connectivity index (χ1v) is 31.2. The Morgan fingerprint density at radius 3 is 1.33 bits per heavy atom. The third-order valence-corrected chi connectivity index (χ3v) is 13.9. The van der Waals surface area contributed by atoms with Gasteiger partial charge in [-0.1, -0.05) is 210 Å². The number of allylic oxidation sites excluding steroid dienone is 25. The van der Waals surface area contributed by atoms with Crippen molar-refractivity contribution in [3.63, 3.8) is 0 Å². The van der Waals surface area contributed by atoms with Crippen molar-refractivity contribution < 1.29 is 64.6 Å². The third-order valence-electron chi connectivity index (χ3n) is 13.9. The summed E-state index contributed by atoms with van der Waals surface area (Å²) >= 11 is 0. The molecule has 0 saturated carbocycles. The van der Waals surface area contributed by atoms with E-state index in [1.54, 1.807) is 6.08 Å². The molecule has 2 aliphatic heterocycles. The molecule has 2 aliphatic rings. The van der Waals surface area contributed by atoms with Crippen molar-refractivity contribution >= 4 is 5.91 Å². The van der Waals surface area contributed by atoms with E-state index in [2.05, 4.69) is 165 Å². The highest BCUT2D eigenvalue weighted by Gasteiger charge is 2.51. The largest absolute Gasteiger partial charge is 0.394 e. The van der Waals surface area contributed by atoms with E-state index >= 15 is 0 Å². The monoisotopic (exact) mass is 1160 g/mol. The van der Waals surface area contributed by atoms with Crippen LogP contribution in [0.4, 0.5) is 0 Å². The van der Waals surface area contributed by atoms with E-state index in [9.17, 15) is 45.6 Å². The first kappa shape index (κ1) is 74.7. The van der Waals surface area contributed by atoms with Gasteiger partial charge in [-0.15, -0.1) is 0 Å². The van der Waals surface area contributed by atoms with Gasteiger partial charge in [0.15, 0.2) is 12.6 Å². The van der Waals surface area contributed by atoms with Gasteiger partial charge in [0, 0.05) is 6.42 Å². The van der Waals surface area contributed by atoms with Crippen LogP contribution in [0, 0.1) is 0 Å². The number of hydrogen-bond acceptors (Lipinski definition) is 13. The number of amides is 1. The Kier molecular flexibility index (Phi) is 46.8. The predicted octanol–water partition coefficient (Wildman–Crippen LogP) is 11.5. The van der Waals surface area contributed by atoms with Crippen molar-refractivity contribution in [3.8, 4) is 0 Å². The Bertz CT molecular complexity index is 2000. The molecule has 83 heavy (non-hydrogen) atoms. The molecule has 0 aromatic carbocycles. The molecule has 2 saturated heterocycles. The lowest BCUT2D eigenvalue weighted by atomic mass is 9.97. The summed E-state index contributed by atoms with van der Waals surface area (Å²) in [5.74, 6) is -0.279. The van der Waals surface area contributed by atoms with Gasteiger partial charge in [-0.05, 0) is 116 Å². The highest BCUT2D eigenvalue weighted by Crippen LogP contribution is 2.30. The Labute approximate surface area is 499 Å². The maximum absolute atomic E-state index is 13.2. The molecule has 12 unspecified atom stereocenters. The Balaban J connectivity index is 1.64. The molecule has 468 valence electrons. The summed E-state index contributed by atoms with van der Waals surface area (Å²) in [6.07, 6.45) is 63.1.